The van der Waals surface area contributed by atoms with Gasteiger partial charge in [-0.05, 0) is 37.0 Å². The summed E-state index contributed by atoms with van der Waals surface area (Å²) in [5.74, 6) is -0.133. The highest BCUT2D eigenvalue weighted by Gasteiger charge is 2.38. The van der Waals surface area contributed by atoms with Gasteiger partial charge >= 0.3 is 6.18 Å². The lowest BCUT2D eigenvalue weighted by atomic mass is 10.0. The van der Waals surface area contributed by atoms with E-state index in [9.17, 15) is 22.8 Å². The molecule has 10 heteroatoms. The smallest absolute Gasteiger partial charge is 0.383 e. The van der Waals surface area contributed by atoms with Crippen LogP contribution in [0.25, 0.3) is 0 Å². The molecule has 1 unspecified atom stereocenters. The lowest BCUT2D eigenvalue weighted by molar-refractivity contribution is -0.141. The zero-order valence-corrected chi connectivity index (χ0v) is 18.7. The Bertz CT molecular complexity index is 894. The van der Waals surface area contributed by atoms with Gasteiger partial charge in [0.15, 0.2) is 0 Å². The Balaban J connectivity index is 1.80. The molecule has 1 aromatic carbocycles. The summed E-state index contributed by atoms with van der Waals surface area (Å²) < 4.78 is 45.2. The Morgan fingerprint density at radius 1 is 1.24 bits per heavy atom. The molecule has 1 heterocycles. The van der Waals surface area contributed by atoms with Gasteiger partial charge in [0.05, 0.1) is 23.8 Å². The highest BCUT2D eigenvalue weighted by atomic mass is 19.4. The van der Waals surface area contributed by atoms with Crippen LogP contribution in [-0.2, 0) is 20.5 Å². The summed E-state index contributed by atoms with van der Waals surface area (Å²) in [4.78, 5) is 29.2. The molecule has 0 aromatic heterocycles. The second-order valence-electron chi connectivity index (χ2n) is 8.53. The average molecular weight is 467 g/mol. The number of hydrogen-bond acceptors (Lipinski definition) is 5. The molecule has 1 saturated heterocycles. The minimum absolute atomic E-state index is 0.0679. The van der Waals surface area contributed by atoms with E-state index >= 15 is 0 Å². The first-order valence-corrected chi connectivity index (χ1v) is 11.2. The molecule has 2 amide bonds. The Labute approximate surface area is 191 Å². The van der Waals surface area contributed by atoms with E-state index in [2.05, 4.69) is 5.32 Å². The summed E-state index contributed by atoms with van der Waals surface area (Å²) in [6.45, 7) is 1.17. The van der Waals surface area contributed by atoms with E-state index in [0.717, 1.165) is 37.8 Å². The monoisotopic (exact) mass is 466 g/mol. The zero-order chi connectivity index (χ0) is 24.0. The molecule has 3 rings (SSSR count). The van der Waals surface area contributed by atoms with Gasteiger partial charge in [-0.2, -0.15) is 18.4 Å². The highest BCUT2D eigenvalue weighted by Crippen LogP contribution is 2.35. The summed E-state index contributed by atoms with van der Waals surface area (Å²) in [6, 6.07) is 4.28. The first-order valence-electron chi connectivity index (χ1n) is 11.2. The van der Waals surface area contributed by atoms with Gasteiger partial charge in [0.1, 0.15) is 6.04 Å². The number of carbonyl (C=O) groups excluding carboxylic acids is 2. The maximum atomic E-state index is 13.4. The standard InChI is InChI=1S/C23H29F3N4O3/c1-33-11-8-28-22(32)20-15-29(9-10-30(20)21(31)12-16-4-2-3-5-16)18-7-6-17(14-27)19(13-18)23(24,25)26/h6-7,13,16,20H,2-5,8-12,15H2,1H3,(H,28,32). The number of amides is 2. The van der Waals surface area contributed by atoms with Gasteiger partial charge < -0.3 is 19.9 Å². The molecule has 1 atom stereocenters. The van der Waals surface area contributed by atoms with E-state index in [0.29, 0.717) is 25.5 Å². The predicted octanol–water partition coefficient (Wildman–Crippen LogP) is 2.94. The van der Waals surface area contributed by atoms with Gasteiger partial charge in [-0.3, -0.25) is 9.59 Å². The maximum Gasteiger partial charge on any atom is 0.417 e. The van der Waals surface area contributed by atoms with Crippen molar-refractivity contribution in [2.75, 3.05) is 44.8 Å². The lowest BCUT2D eigenvalue weighted by Crippen LogP contribution is -2.61. The number of hydrogen-bond donors (Lipinski definition) is 1. The van der Waals surface area contributed by atoms with Crippen LogP contribution in [0.1, 0.15) is 43.2 Å². The SMILES string of the molecule is COCCNC(=O)C1CN(c2ccc(C#N)c(C(F)(F)F)c2)CCN1C(=O)CC1CCCC1. The number of anilines is 1. The van der Waals surface area contributed by atoms with E-state index in [1.54, 1.807) is 15.9 Å². The molecule has 1 aromatic rings. The lowest BCUT2D eigenvalue weighted by Gasteiger charge is -2.42. The van der Waals surface area contributed by atoms with Gasteiger partial charge in [-0.25, -0.2) is 0 Å². The second kappa shape index (κ2) is 10.9. The normalized spacial score (nSPS) is 19.4. The van der Waals surface area contributed by atoms with E-state index in [1.807, 2.05) is 0 Å². The largest absolute Gasteiger partial charge is 0.417 e. The number of carbonyl (C=O) groups is 2. The van der Waals surface area contributed by atoms with Gasteiger partial charge in [0.2, 0.25) is 11.8 Å². The molecule has 1 saturated carbocycles. The topological polar surface area (TPSA) is 85.7 Å². The van der Waals surface area contributed by atoms with Crippen molar-refractivity contribution in [1.29, 1.82) is 5.26 Å². The molecule has 180 valence electrons. The van der Waals surface area contributed by atoms with Gasteiger partial charge in [-0.15, -0.1) is 0 Å². The van der Waals surface area contributed by atoms with E-state index < -0.39 is 23.3 Å². The van der Waals surface area contributed by atoms with Crippen molar-refractivity contribution in [3.8, 4) is 6.07 Å². The van der Waals surface area contributed by atoms with E-state index in [4.69, 9.17) is 10.00 Å². The van der Waals surface area contributed by atoms with Gasteiger partial charge in [0, 0.05) is 45.4 Å². The van der Waals surface area contributed by atoms with Gasteiger partial charge in [-0.1, -0.05) is 12.8 Å². The first-order chi connectivity index (χ1) is 15.7. The number of nitriles is 1. The predicted molar refractivity (Wildman–Crippen MR) is 115 cm³/mol. The van der Waals surface area contributed by atoms with Gasteiger partial charge in [0.25, 0.3) is 0 Å². The third kappa shape index (κ3) is 6.16. The number of nitrogens with one attached hydrogen (secondary N) is 1. The maximum absolute atomic E-state index is 13.4. The molecule has 1 N–H and O–H groups in total. The van der Waals surface area contributed by atoms with E-state index in [1.165, 1.54) is 13.2 Å². The molecule has 2 fully saturated rings. The van der Waals surface area contributed by atoms with Crippen LogP contribution < -0.4 is 10.2 Å². The van der Waals surface area contributed by atoms with Crippen LogP contribution in [0.3, 0.4) is 0 Å². The zero-order valence-electron chi connectivity index (χ0n) is 18.7. The van der Waals surface area contributed by atoms with Crippen LogP contribution in [0.15, 0.2) is 18.2 Å². The Morgan fingerprint density at radius 2 is 1.97 bits per heavy atom. The fourth-order valence-electron chi connectivity index (χ4n) is 4.57. The molecule has 2 aliphatic rings. The average Bonchev–Trinajstić information content (AvgIpc) is 3.30. The Hall–Kier alpha value is -2.80. The quantitative estimate of drug-likeness (QED) is 0.625. The number of ether oxygens (including phenoxy) is 1. The highest BCUT2D eigenvalue weighted by molar-refractivity contribution is 5.89. The van der Waals surface area contributed by atoms with Crippen LogP contribution >= 0.6 is 0 Å². The molecule has 1 aliphatic heterocycles. The summed E-state index contributed by atoms with van der Waals surface area (Å²) in [5, 5.41) is 11.8. The number of methoxy groups -OCH3 is 1. The van der Waals surface area contributed by atoms with Crippen molar-refractivity contribution in [3.63, 3.8) is 0 Å². The molecular weight excluding hydrogens is 437 g/mol. The van der Waals surface area contributed by atoms with Crippen LogP contribution in [0.5, 0.6) is 0 Å². The van der Waals surface area contributed by atoms with Crippen molar-refractivity contribution >= 4 is 17.5 Å². The van der Waals surface area contributed by atoms with Crippen molar-refractivity contribution in [1.82, 2.24) is 10.2 Å². The minimum atomic E-state index is -4.67. The second-order valence-corrected chi connectivity index (χ2v) is 8.53. The number of halogens is 3. The molecule has 1 aliphatic carbocycles. The van der Waals surface area contributed by atoms with Crippen LogP contribution in [0.2, 0.25) is 0 Å². The van der Waals surface area contributed by atoms with Crippen LogP contribution in [0.4, 0.5) is 18.9 Å². The van der Waals surface area contributed by atoms with Crippen molar-refractivity contribution in [2.24, 2.45) is 5.92 Å². The third-order valence-corrected chi connectivity index (χ3v) is 6.34. The molecule has 0 bridgehead atoms. The number of benzene rings is 1. The Morgan fingerprint density at radius 3 is 2.61 bits per heavy atom. The number of piperazine rings is 1. The fourth-order valence-corrected chi connectivity index (χ4v) is 4.57. The molecule has 7 nitrogen and oxygen atoms in total. The summed E-state index contributed by atoms with van der Waals surface area (Å²) in [6.07, 6.45) is -0.0719. The van der Waals surface area contributed by atoms with Crippen molar-refractivity contribution in [3.05, 3.63) is 29.3 Å². The Kier molecular flexibility index (Phi) is 8.19. The summed E-state index contributed by atoms with van der Waals surface area (Å²) >= 11 is 0. The number of nitrogens with zero attached hydrogens (tertiary/aromatic N) is 3. The third-order valence-electron chi connectivity index (χ3n) is 6.34. The molecule has 0 radical (unpaired) electrons. The first kappa shape index (κ1) is 24.8. The molecule has 0 spiro atoms. The summed E-state index contributed by atoms with van der Waals surface area (Å²) in [5.41, 5.74) is -1.20. The fraction of sp³-hybridized carbons (Fsp3) is 0.609. The molecular formula is C23H29F3N4O3. The van der Waals surface area contributed by atoms with E-state index in [-0.39, 0.29) is 37.1 Å². The van der Waals surface area contributed by atoms with Crippen molar-refractivity contribution < 1.29 is 27.5 Å². The van der Waals surface area contributed by atoms with Crippen LogP contribution in [0, 0.1) is 17.2 Å². The van der Waals surface area contributed by atoms with Crippen LogP contribution in [-0.4, -0.2) is 62.7 Å². The summed E-state index contributed by atoms with van der Waals surface area (Å²) in [7, 11) is 1.51. The van der Waals surface area contributed by atoms with Crippen molar-refractivity contribution in [2.45, 2.75) is 44.3 Å². The molecule has 33 heavy (non-hydrogen) atoms. The number of alkyl halides is 3. The minimum Gasteiger partial charge on any atom is -0.383 e. The number of rotatable bonds is 7.